The number of benzene rings is 1. The first-order chi connectivity index (χ1) is 13.1. The molecule has 9 heteroatoms. The van der Waals surface area contributed by atoms with E-state index in [0.29, 0.717) is 18.4 Å². The Morgan fingerprint density at radius 3 is 2.86 bits per heavy atom. The summed E-state index contributed by atoms with van der Waals surface area (Å²) in [6.45, 7) is 5.42. The van der Waals surface area contributed by atoms with Crippen molar-refractivity contribution in [3.8, 4) is 6.07 Å². The number of rotatable bonds is 3. The van der Waals surface area contributed by atoms with Gasteiger partial charge < -0.3 is 9.88 Å². The van der Waals surface area contributed by atoms with E-state index < -0.39 is 27.3 Å². The maximum absolute atomic E-state index is 13.5. The van der Waals surface area contributed by atoms with Gasteiger partial charge in [0.15, 0.2) is 0 Å². The van der Waals surface area contributed by atoms with Crippen molar-refractivity contribution in [1.29, 1.82) is 5.26 Å². The molecule has 1 aliphatic heterocycles. The quantitative estimate of drug-likeness (QED) is 0.770. The molecule has 1 aromatic heterocycles. The molecule has 0 radical (unpaired) electrons. The SMILES string of the molecule is C=CC1(C)CCc2c(cn(C)c2C(=O)Nc2ccc(F)c(C#N)c2)S(=O)(=O)N1. The number of hydrogen-bond donors (Lipinski definition) is 2. The van der Waals surface area contributed by atoms with E-state index in [-0.39, 0.29) is 21.8 Å². The summed E-state index contributed by atoms with van der Waals surface area (Å²) in [6.07, 6.45) is 3.72. The lowest BCUT2D eigenvalue weighted by atomic mass is 9.94. The summed E-state index contributed by atoms with van der Waals surface area (Å²) >= 11 is 0. The zero-order valence-corrected chi connectivity index (χ0v) is 16.2. The van der Waals surface area contributed by atoms with Crippen LogP contribution in [0.3, 0.4) is 0 Å². The second-order valence-corrected chi connectivity index (χ2v) is 8.57. The first kappa shape index (κ1) is 19.8. The van der Waals surface area contributed by atoms with Gasteiger partial charge in [-0.1, -0.05) is 6.08 Å². The van der Waals surface area contributed by atoms with Gasteiger partial charge in [-0.05, 0) is 38.0 Å². The van der Waals surface area contributed by atoms with Crippen LogP contribution in [0, 0.1) is 17.1 Å². The Labute approximate surface area is 162 Å². The fourth-order valence-electron chi connectivity index (χ4n) is 3.24. The Bertz CT molecular complexity index is 1130. The minimum Gasteiger partial charge on any atom is -0.345 e. The molecule has 0 fully saturated rings. The normalized spacial score (nSPS) is 20.5. The molecule has 1 amide bonds. The number of halogens is 1. The summed E-state index contributed by atoms with van der Waals surface area (Å²) in [4.78, 5) is 12.9. The Hall–Kier alpha value is -2.96. The third kappa shape index (κ3) is 3.44. The van der Waals surface area contributed by atoms with Crippen molar-refractivity contribution in [3.05, 3.63) is 59.7 Å². The molecule has 1 atom stereocenters. The highest BCUT2D eigenvalue weighted by Gasteiger charge is 2.36. The van der Waals surface area contributed by atoms with Crippen molar-refractivity contribution in [2.24, 2.45) is 7.05 Å². The molecule has 7 nitrogen and oxygen atoms in total. The Kier molecular flexibility index (Phi) is 4.87. The van der Waals surface area contributed by atoms with Crippen LogP contribution in [-0.4, -0.2) is 24.4 Å². The van der Waals surface area contributed by atoms with Crippen LogP contribution >= 0.6 is 0 Å². The Morgan fingerprint density at radius 1 is 1.50 bits per heavy atom. The van der Waals surface area contributed by atoms with Gasteiger partial charge in [0.2, 0.25) is 10.0 Å². The Balaban J connectivity index is 2.01. The number of carbonyl (C=O) groups excluding carboxylic acids is 1. The van der Waals surface area contributed by atoms with Gasteiger partial charge >= 0.3 is 0 Å². The number of nitrogens with zero attached hydrogens (tertiary/aromatic N) is 2. The summed E-state index contributed by atoms with van der Waals surface area (Å²) in [5.74, 6) is -1.23. The lowest BCUT2D eigenvalue weighted by Gasteiger charge is -2.24. The molecule has 1 aromatic carbocycles. The maximum Gasteiger partial charge on any atom is 0.272 e. The van der Waals surface area contributed by atoms with E-state index in [1.165, 1.54) is 29.0 Å². The van der Waals surface area contributed by atoms with Crippen LogP contribution in [0.25, 0.3) is 0 Å². The molecule has 2 heterocycles. The molecule has 28 heavy (non-hydrogen) atoms. The second kappa shape index (κ2) is 6.89. The monoisotopic (exact) mass is 402 g/mol. The number of carbonyl (C=O) groups is 1. The lowest BCUT2D eigenvalue weighted by Crippen LogP contribution is -2.42. The number of nitrogens with one attached hydrogen (secondary N) is 2. The topological polar surface area (TPSA) is 104 Å². The highest BCUT2D eigenvalue weighted by Crippen LogP contribution is 2.31. The van der Waals surface area contributed by atoms with Crippen LogP contribution in [-0.2, 0) is 23.5 Å². The fraction of sp³-hybridized carbons (Fsp3) is 0.263. The van der Waals surface area contributed by atoms with E-state index in [1.54, 1.807) is 20.0 Å². The summed E-state index contributed by atoms with van der Waals surface area (Å²) in [5, 5.41) is 11.5. The molecule has 2 aromatic rings. The zero-order chi connectivity index (χ0) is 20.7. The van der Waals surface area contributed by atoms with Crippen molar-refractivity contribution in [2.45, 2.75) is 30.2 Å². The number of aryl methyl sites for hydroxylation is 1. The van der Waals surface area contributed by atoms with Gasteiger partial charge in [-0.3, -0.25) is 4.79 Å². The van der Waals surface area contributed by atoms with Crippen LogP contribution in [0.4, 0.5) is 10.1 Å². The summed E-state index contributed by atoms with van der Waals surface area (Å²) in [7, 11) is -2.26. The van der Waals surface area contributed by atoms with E-state index in [1.807, 2.05) is 0 Å². The molecule has 1 unspecified atom stereocenters. The molecule has 0 spiro atoms. The van der Waals surface area contributed by atoms with Crippen LogP contribution in [0.15, 0.2) is 41.9 Å². The molecule has 1 aliphatic rings. The van der Waals surface area contributed by atoms with Gasteiger partial charge in [0.25, 0.3) is 5.91 Å². The number of anilines is 1. The molecular weight excluding hydrogens is 383 g/mol. The molecule has 0 bridgehead atoms. The highest BCUT2D eigenvalue weighted by molar-refractivity contribution is 7.89. The van der Waals surface area contributed by atoms with Gasteiger partial charge in [-0.15, -0.1) is 6.58 Å². The lowest BCUT2D eigenvalue weighted by molar-refractivity contribution is 0.101. The van der Waals surface area contributed by atoms with Crippen molar-refractivity contribution in [1.82, 2.24) is 9.29 Å². The smallest absolute Gasteiger partial charge is 0.272 e. The molecule has 0 saturated carbocycles. The number of aromatic nitrogens is 1. The first-order valence-corrected chi connectivity index (χ1v) is 9.95. The summed E-state index contributed by atoms with van der Waals surface area (Å²) in [5.41, 5.74) is -0.187. The van der Waals surface area contributed by atoms with E-state index in [2.05, 4.69) is 16.6 Å². The van der Waals surface area contributed by atoms with Crippen LogP contribution in [0.5, 0.6) is 0 Å². The van der Waals surface area contributed by atoms with Crippen LogP contribution in [0.2, 0.25) is 0 Å². The number of amides is 1. The van der Waals surface area contributed by atoms with Crippen molar-refractivity contribution in [2.75, 3.05) is 5.32 Å². The minimum absolute atomic E-state index is 0.0440. The fourth-order valence-corrected chi connectivity index (χ4v) is 4.97. The predicted molar refractivity (Wildman–Crippen MR) is 102 cm³/mol. The highest BCUT2D eigenvalue weighted by atomic mass is 32.2. The number of hydrogen-bond acceptors (Lipinski definition) is 4. The van der Waals surface area contributed by atoms with Gasteiger partial charge in [0.1, 0.15) is 22.5 Å². The zero-order valence-electron chi connectivity index (χ0n) is 15.4. The molecule has 2 N–H and O–H groups in total. The largest absolute Gasteiger partial charge is 0.345 e. The van der Waals surface area contributed by atoms with Crippen molar-refractivity contribution in [3.63, 3.8) is 0 Å². The first-order valence-electron chi connectivity index (χ1n) is 8.47. The van der Waals surface area contributed by atoms with E-state index in [0.717, 1.165) is 6.07 Å². The number of nitriles is 1. The maximum atomic E-state index is 13.5. The molecule has 146 valence electrons. The van der Waals surface area contributed by atoms with E-state index >= 15 is 0 Å². The van der Waals surface area contributed by atoms with Crippen LogP contribution < -0.4 is 10.0 Å². The summed E-state index contributed by atoms with van der Waals surface area (Å²) < 4.78 is 43.1. The molecule has 0 aliphatic carbocycles. The Morgan fingerprint density at radius 2 is 2.21 bits per heavy atom. The summed E-state index contributed by atoms with van der Waals surface area (Å²) in [6, 6.07) is 5.36. The van der Waals surface area contributed by atoms with Gasteiger partial charge in [0.05, 0.1) is 5.56 Å². The molecular formula is C19H19FN4O3S. The minimum atomic E-state index is -3.84. The van der Waals surface area contributed by atoms with Crippen LogP contribution in [0.1, 0.15) is 35.0 Å². The van der Waals surface area contributed by atoms with Crippen molar-refractivity contribution >= 4 is 21.6 Å². The average Bonchev–Trinajstić information content (AvgIpc) is 2.94. The number of fused-ring (bicyclic) bond motifs is 1. The average molecular weight is 402 g/mol. The number of sulfonamides is 1. The standard InChI is InChI=1S/C19H19FN4O3S/c1-4-19(2)8-7-14-16(28(26,27)23-19)11-24(3)17(14)18(25)22-13-5-6-15(20)12(9-13)10-21/h4-6,9,11,23H,1,7-8H2,2-3H3,(H,22,25). The third-order valence-electron chi connectivity index (χ3n) is 4.81. The van der Waals surface area contributed by atoms with Crippen molar-refractivity contribution < 1.29 is 17.6 Å². The van der Waals surface area contributed by atoms with Gasteiger partial charge in [-0.25, -0.2) is 17.5 Å². The predicted octanol–water partition coefficient (Wildman–Crippen LogP) is 2.46. The second-order valence-electron chi connectivity index (χ2n) is 6.92. The van der Waals surface area contributed by atoms with Gasteiger partial charge in [-0.2, -0.15) is 5.26 Å². The molecule has 3 rings (SSSR count). The molecule has 0 saturated heterocycles. The van der Waals surface area contributed by atoms with Gasteiger partial charge in [0, 0.05) is 30.0 Å². The third-order valence-corrected chi connectivity index (χ3v) is 6.47. The van der Waals surface area contributed by atoms with E-state index in [9.17, 15) is 17.6 Å². The van der Waals surface area contributed by atoms with E-state index in [4.69, 9.17) is 5.26 Å².